The molecule has 1 amide bonds. The number of alkyl halides is 3. The van der Waals surface area contributed by atoms with Gasteiger partial charge in [0.2, 0.25) is 5.91 Å². The number of hydrogen-bond donors (Lipinski definition) is 1. The molecular weight excluding hydrogens is 449 g/mol. The van der Waals surface area contributed by atoms with E-state index in [1.54, 1.807) is 37.6 Å². The average Bonchev–Trinajstić information content (AvgIpc) is 2.84. The van der Waals surface area contributed by atoms with Crippen molar-refractivity contribution in [2.75, 3.05) is 30.4 Å². The fourth-order valence-corrected chi connectivity index (χ4v) is 3.75. The SMILES string of the molecule is COc1cccc(Oc2nccnc2N2CCC(C(=O)Nc3cccc(C(F)(F)F)c3)CC2)c1. The van der Waals surface area contributed by atoms with E-state index in [0.29, 0.717) is 49.1 Å². The van der Waals surface area contributed by atoms with Gasteiger partial charge in [0.05, 0.1) is 12.7 Å². The van der Waals surface area contributed by atoms with E-state index in [1.807, 2.05) is 4.90 Å². The maximum absolute atomic E-state index is 12.9. The normalized spacial score (nSPS) is 14.5. The molecule has 1 saturated heterocycles. The molecule has 7 nitrogen and oxygen atoms in total. The van der Waals surface area contributed by atoms with Crippen LogP contribution in [-0.4, -0.2) is 36.1 Å². The first-order valence-electron chi connectivity index (χ1n) is 10.7. The van der Waals surface area contributed by atoms with E-state index in [2.05, 4.69) is 15.3 Å². The topological polar surface area (TPSA) is 76.6 Å². The van der Waals surface area contributed by atoms with E-state index in [9.17, 15) is 18.0 Å². The van der Waals surface area contributed by atoms with Gasteiger partial charge in [-0.15, -0.1) is 0 Å². The van der Waals surface area contributed by atoms with Crippen LogP contribution in [0.3, 0.4) is 0 Å². The van der Waals surface area contributed by atoms with E-state index < -0.39 is 11.7 Å². The minimum Gasteiger partial charge on any atom is -0.497 e. The van der Waals surface area contributed by atoms with E-state index in [1.165, 1.54) is 18.3 Å². The van der Waals surface area contributed by atoms with E-state index in [-0.39, 0.29) is 17.5 Å². The molecule has 34 heavy (non-hydrogen) atoms. The predicted molar refractivity (Wildman–Crippen MR) is 120 cm³/mol. The largest absolute Gasteiger partial charge is 0.497 e. The summed E-state index contributed by atoms with van der Waals surface area (Å²) in [4.78, 5) is 23.4. The molecular formula is C24H23F3N4O3. The zero-order chi connectivity index (χ0) is 24.1. The number of piperidine rings is 1. The highest BCUT2D eigenvalue weighted by Crippen LogP contribution is 2.33. The van der Waals surface area contributed by atoms with E-state index in [0.717, 1.165) is 12.1 Å². The zero-order valence-corrected chi connectivity index (χ0v) is 18.4. The number of nitrogens with one attached hydrogen (secondary N) is 1. The summed E-state index contributed by atoms with van der Waals surface area (Å²) in [5.74, 6) is 1.47. The predicted octanol–water partition coefficient (Wildman–Crippen LogP) is 5.15. The number of hydrogen-bond acceptors (Lipinski definition) is 6. The third kappa shape index (κ3) is 5.56. The van der Waals surface area contributed by atoms with Crippen LogP contribution in [0.2, 0.25) is 0 Å². The zero-order valence-electron chi connectivity index (χ0n) is 18.4. The number of ether oxygens (including phenoxy) is 2. The Morgan fingerprint density at radius 1 is 1.03 bits per heavy atom. The maximum atomic E-state index is 12.9. The molecule has 1 aromatic heterocycles. The lowest BCUT2D eigenvalue weighted by atomic mass is 9.95. The molecule has 0 aliphatic carbocycles. The molecule has 0 saturated carbocycles. The molecule has 3 aromatic rings. The van der Waals surface area contributed by atoms with Crippen molar-refractivity contribution in [2.45, 2.75) is 19.0 Å². The van der Waals surface area contributed by atoms with Crippen molar-refractivity contribution in [3.8, 4) is 17.4 Å². The van der Waals surface area contributed by atoms with Gasteiger partial charge in [-0.3, -0.25) is 4.79 Å². The minimum absolute atomic E-state index is 0.130. The standard InChI is InChI=1S/C24H23F3N4O3/c1-33-19-6-3-7-20(15-19)34-23-21(28-10-11-29-23)31-12-8-16(9-13-31)22(32)30-18-5-2-4-17(14-18)24(25,26)27/h2-7,10-11,14-16H,8-9,12-13H2,1H3,(H,30,32). The van der Waals surface area contributed by atoms with Crippen LogP contribution in [0.4, 0.5) is 24.7 Å². The van der Waals surface area contributed by atoms with Crippen molar-refractivity contribution < 1.29 is 27.4 Å². The Labute approximate surface area is 194 Å². The molecule has 0 radical (unpaired) electrons. The Morgan fingerprint density at radius 2 is 1.74 bits per heavy atom. The van der Waals surface area contributed by atoms with Crippen molar-refractivity contribution in [1.82, 2.24) is 9.97 Å². The van der Waals surface area contributed by atoms with Crippen LogP contribution < -0.4 is 19.7 Å². The number of carbonyl (C=O) groups is 1. The second-order valence-electron chi connectivity index (χ2n) is 7.80. The quantitative estimate of drug-likeness (QED) is 0.535. The number of carbonyl (C=O) groups excluding carboxylic acids is 1. The number of nitrogens with zero attached hydrogens (tertiary/aromatic N) is 3. The number of benzene rings is 2. The van der Waals surface area contributed by atoms with Gasteiger partial charge >= 0.3 is 6.18 Å². The van der Waals surface area contributed by atoms with Crippen molar-refractivity contribution in [2.24, 2.45) is 5.92 Å². The summed E-state index contributed by atoms with van der Waals surface area (Å²) in [6.07, 6.45) is -0.331. The number of rotatable bonds is 6. The molecule has 1 N–H and O–H groups in total. The van der Waals surface area contributed by atoms with E-state index >= 15 is 0 Å². The molecule has 2 aromatic carbocycles. The third-order valence-corrected chi connectivity index (χ3v) is 5.53. The van der Waals surface area contributed by atoms with Gasteiger partial charge in [-0.2, -0.15) is 13.2 Å². The molecule has 2 heterocycles. The Bertz CT molecular complexity index is 1150. The number of halogens is 3. The van der Waals surface area contributed by atoms with Crippen LogP contribution in [0.25, 0.3) is 0 Å². The van der Waals surface area contributed by atoms with Crippen LogP contribution in [-0.2, 0) is 11.0 Å². The molecule has 1 aliphatic rings. The first-order chi connectivity index (χ1) is 16.3. The van der Waals surface area contributed by atoms with Crippen LogP contribution in [0, 0.1) is 5.92 Å². The molecule has 0 bridgehead atoms. The molecule has 178 valence electrons. The van der Waals surface area contributed by atoms with Crippen LogP contribution in [0.15, 0.2) is 60.9 Å². The monoisotopic (exact) mass is 472 g/mol. The smallest absolute Gasteiger partial charge is 0.416 e. The fourth-order valence-electron chi connectivity index (χ4n) is 3.75. The highest BCUT2D eigenvalue weighted by molar-refractivity contribution is 5.92. The van der Waals surface area contributed by atoms with Crippen LogP contribution in [0.5, 0.6) is 17.4 Å². The highest BCUT2D eigenvalue weighted by Gasteiger charge is 2.31. The number of anilines is 2. The second-order valence-corrected chi connectivity index (χ2v) is 7.80. The van der Waals surface area contributed by atoms with Crippen LogP contribution in [0.1, 0.15) is 18.4 Å². The van der Waals surface area contributed by atoms with Gasteiger partial charge in [0, 0.05) is 43.2 Å². The number of methoxy groups -OCH3 is 1. The van der Waals surface area contributed by atoms with Gasteiger partial charge in [-0.25, -0.2) is 9.97 Å². The van der Waals surface area contributed by atoms with Gasteiger partial charge in [-0.05, 0) is 43.2 Å². The van der Waals surface area contributed by atoms with Gasteiger partial charge in [0.15, 0.2) is 5.82 Å². The summed E-state index contributed by atoms with van der Waals surface area (Å²) in [5, 5.41) is 2.61. The molecule has 0 spiro atoms. The van der Waals surface area contributed by atoms with Gasteiger partial charge in [0.1, 0.15) is 11.5 Å². The van der Waals surface area contributed by atoms with E-state index in [4.69, 9.17) is 9.47 Å². The van der Waals surface area contributed by atoms with Crippen molar-refractivity contribution in [3.05, 3.63) is 66.5 Å². The average molecular weight is 472 g/mol. The van der Waals surface area contributed by atoms with Gasteiger partial charge in [0.25, 0.3) is 5.88 Å². The molecule has 4 rings (SSSR count). The lowest BCUT2D eigenvalue weighted by molar-refractivity contribution is -0.137. The summed E-state index contributed by atoms with van der Waals surface area (Å²) in [6.45, 7) is 1.04. The Kier molecular flexibility index (Phi) is 6.85. The van der Waals surface area contributed by atoms with Crippen molar-refractivity contribution in [1.29, 1.82) is 0 Å². The molecule has 0 atom stereocenters. The third-order valence-electron chi connectivity index (χ3n) is 5.53. The molecule has 1 aliphatic heterocycles. The summed E-state index contributed by atoms with van der Waals surface area (Å²) >= 11 is 0. The van der Waals surface area contributed by atoms with Gasteiger partial charge < -0.3 is 19.7 Å². The first-order valence-corrected chi connectivity index (χ1v) is 10.7. The Balaban J connectivity index is 1.39. The number of aromatic nitrogens is 2. The first kappa shape index (κ1) is 23.3. The summed E-state index contributed by atoms with van der Waals surface area (Å²) in [6, 6.07) is 11.8. The van der Waals surface area contributed by atoms with Crippen molar-refractivity contribution in [3.63, 3.8) is 0 Å². The summed E-state index contributed by atoms with van der Waals surface area (Å²) < 4.78 is 49.9. The summed E-state index contributed by atoms with van der Waals surface area (Å²) in [7, 11) is 1.57. The maximum Gasteiger partial charge on any atom is 0.416 e. The van der Waals surface area contributed by atoms with Crippen LogP contribution >= 0.6 is 0 Å². The fraction of sp³-hybridized carbons (Fsp3) is 0.292. The summed E-state index contributed by atoms with van der Waals surface area (Å²) in [5.41, 5.74) is -0.670. The highest BCUT2D eigenvalue weighted by atomic mass is 19.4. The lowest BCUT2D eigenvalue weighted by Gasteiger charge is -2.32. The van der Waals surface area contributed by atoms with Gasteiger partial charge in [-0.1, -0.05) is 12.1 Å². The minimum atomic E-state index is -4.46. The molecule has 10 heteroatoms. The molecule has 0 unspecified atom stereocenters. The molecule has 1 fully saturated rings. The lowest BCUT2D eigenvalue weighted by Crippen LogP contribution is -2.38. The second kappa shape index (κ2) is 9.98. The van der Waals surface area contributed by atoms with Crippen molar-refractivity contribution >= 4 is 17.4 Å². The Morgan fingerprint density at radius 3 is 2.47 bits per heavy atom. The number of amides is 1. The Hall–Kier alpha value is -3.82.